The lowest BCUT2D eigenvalue weighted by atomic mass is 10.0. The van der Waals surface area contributed by atoms with Crippen LogP contribution in [0.4, 0.5) is 0 Å². The Bertz CT molecular complexity index is 319. The third-order valence-electron chi connectivity index (χ3n) is 3.43. The van der Waals surface area contributed by atoms with E-state index in [1.165, 1.54) is 12.8 Å². The first-order chi connectivity index (χ1) is 8.55. The molecule has 1 heterocycles. The second-order valence-corrected chi connectivity index (χ2v) is 6.97. The predicted molar refractivity (Wildman–Crippen MR) is 75.2 cm³/mol. The van der Waals surface area contributed by atoms with Crippen molar-refractivity contribution in [1.29, 1.82) is 0 Å². The molecule has 1 saturated heterocycles. The van der Waals surface area contributed by atoms with E-state index < -0.39 is 10.0 Å². The lowest BCUT2D eigenvalue weighted by molar-refractivity contribution is 0.187. The van der Waals surface area contributed by atoms with E-state index in [1.54, 1.807) is 0 Å². The SMILES string of the molecule is CCCNCCS(=O)(=O)NCC1CCCCN1C. The summed E-state index contributed by atoms with van der Waals surface area (Å²) in [6, 6.07) is 0.358. The van der Waals surface area contributed by atoms with Gasteiger partial charge in [-0.05, 0) is 39.4 Å². The van der Waals surface area contributed by atoms with E-state index in [1.807, 2.05) is 0 Å². The first-order valence-corrected chi connectivity index (χ1v) is 8.58. The molecule has 18 heavy (non-hydrogen) atoms. The second-order valence-electron chi connectivity index (χ2n) is 5.05. The lowest BCUT2D eigenvalue weighted by Gasteiger charge is -2.32. The number of rotatable bonds is 8. The third kappa shape index (κ3) is 6.13. The van der Waals surface area contributed by atoms with Gasteiger partial charge >= 0.3 is 0 Å². The molecule has 2 N–H and O–H groups in total. The maximum absolute atomic E-state index is 11.8. The number of likely N-dealkylation sites (tertiary alicyclic amines) is 1. The molecule has 0 aromatic rings. The van der Waals surface area contributed by atoms with Crippen LogP contribution >= 0.6 is 0 Å². The largest absolute Gasteiger partial charge is 0.316 e. The molecular formula is C12H27N3O2S. The highest BCUT2D eigenvalue weighted by Crippen LogP contribution is 2.14. The van der Waals surface area contributed by atoms with Crippen molar-refractivity contribution >= 4 is 10.0 Å². The number of likely N-dealkylation sites (N-methyl/N-ethyl adjacent to an activating group) is 1. The van der Waals surface area contributed by atoms with Gasteiger partial charge < -0.3 is 10.2 Å². The van der Waals surface area contributed by atoms with Crippen molar-refractivity contribution in [3.8, 4) is 0 Å². The molecule has 1 fully saturated rings. The van der Waals surface area contributed by atoms with Crippen LogP contribution in [-0.4, -0.2) is 58.3 Å². The minimum Gasteiger partial charge on any atom is -0.316 e. The summed E-state index contributed by atoms with van der Waals surface area (Å²) in [6.07, 6.45) is 4.54. The van der Waals surface area contributed by atoms with Crippen molar-refractivity contribution in [3.63, 3.8) is 0 Å². The van der Waals surface area contributed by atoms with Crippen LogP contribution in [0.3, 0.4) is 0 Å². The summed E-state index contributed by atoms with van der Waals surface area (Å²) in [5.41, 5.74) is 0. The minimum atomic E-state index is -3.12. The summed E-state index contributed by atoms with van der Waals surface area (Å²) in [4.78, 5) is 2.25. The van der Waals surface area contributed by atoms with Crippen LogP contribution in [0, 0.1) is 0 Å². The second kappa shape index (κ2) is 8.09. The Hall–Kier alpha value is -0.170. The average Bonchev–Trinajstić information content (AvgIpc) is 2.34. The fourth-order valence-electron chi connectivity index (χ4n) is 2.21. The first kappa shape index (κ1) is 15.9. The summed E-state index contributed by atoms with van der Waals surface area (Å²) in [6.45, 7) is 5.10. The van der Waals surface area contributed by atoms with Crippen molar-refractivity contribution in [2.45, 2.75) is 38.6 Å². The van der Waals surface area contributed by atoms with Crippen LogP contribution in [0.1, 0.15) is 32.6 Å². The van der Waals surface area contributed by atoms with Gasteiger partial charge in [0, 0.05) is 19.1 Å². The summed E-state index contributed by atoms with van der Waals surface area (Å²) < 4.78 is 26.3. The Morgan fingerprint density at radius 2 is 2.06 bits per heavy atom. The van der Waals surface area contributed by atoms with Crippen molar-refractivity contribution in [1.82, 2.24) is 14.9 Å². The smallest absolute Gasteiger partial charge is 0.212 e. The highest BCUT2D eigenvalue weighted by molar-refractivity contribution is 7.89. The summed E-state index contributed by atoms with van der Waals surface area (Å²) in [5.74, 6) is 0.170. The minimum absolute atomic E-state index is 0.170. The zero-order valence-corrected chi connectivity index (χ0v) is 12.4. The van der Waals surface area contributed by atoms with E-state index in [-0.39, 0.29) is 5.75 Å². The maximum Gasteiger partial charge on any atom is 0.212 e. The molecule has 1 aliphatic rings. The quantitative estimate of drug-likeness (QED) is 0.630. The van der Waals surface area contributed by atoms with Crippen LogP contribution in [0.25, 0.3) is 0 Å². The molecule has 0 aromatic heterocycles. The van der Waals surface area contributed by atoms with Gasteiger partial charge in [-0.25, -0.2) is 13.1 Å². The molecule has 1 atom stereocenters. The normalized spacial score (nSPS) is 22.2. The average molecular weight is 277 g/mol. The molecule has 1 aliphatic heterocycles. The molecule has 0 spiro atoms. The molecule has 0 radical (unpaired) electrons. The van der Waals surface area contributed by atoms with E-state index in [0.29, 0.717) is 19.1 Å². The number of hydrogen-bond acceptors (Lipinski definition) is 4. The Morgan fingerprint density at radius 3 is 2.72 bits per heavy atom. The van der Waals surface area contributed by atoms with E-state index in [0.717, 1.165) is 25.9 Å². The monoisotopic (exact) mass is 277 g/mol. The van der Waals surface area contributed by atoms with Gasteiger partial charge in [-0.3, -0.25) is 0 Å². The van der Waals surface area contributed by atoms with Gasteiger partial charge in [0.25, 0.3) is 0 Å². The van der Waals surface area contributed by atoms with Gasteiger partial charge in [-0.1, -0.05) is 13.3 Å². The van der Waals surface area contributed by atoms with Crippen LogP contribution in [-0.2, 0) is 10.0 Å². The molecule has 0 amide bonds. The van der Waals surface area contributed by atoms with Gasteiger partial charge in [-0.15, -0.1) is 0 Å². The molecule has 0 aliphatic carbocycles. The standard InChI is InChI=1S/C12H27N3O2S/c1-3-7-13-8-10-18(16,17)14-11-12-6-4-5-9-15(12)2/h12-14H,3-11H2,1-2H3. The van der Waals surface area contributed by atoms with Crippen LogP contribution in [0.5, 0.6) is 0 Å². The number of sulfonamides is 1. The Labute approximate surface area is 111 Å². The van der Waals surface area contributed by atoms with Crippen molar-refractivity contribution in [2.24, 2.45) is 0 Å². The molecule has 0 saturated carbocycles. The molecule has 0 bridgehead atoms. The van der Waals surface area contributed by atoms with Crippen LogP contribution < -0.4 is 10.0 Å². The van der Waals surface area contributed by atoms with E-state index in [4.69, 9.17) is 0 Å². The summed E-state index contributed by atoms with van der Waals surface area (Å²) in [7, 11) is -1.05. The fourth-order valence-corrected chi connectivity index (χ4v) is 3.21. The van der Waals surface area contributed by atoms with Gasteiger partial charge in [0.2, 0.25) is 10.0 Å². The van der Waals surface area contributed by atoms with Crippen LogP contribution in [0.2, 0.25) is 0 Å². The highest BCUT2D eigenvalue weighted by Gasteiger charge is 2.20. The zero-order valence-electron chi connectivity index (χ0n) is 11.6. The van der Waals surface area contributed by atoms with E-state index in [2.05, 4.69) is 28.9 Å². The fraction of sp³-hybridized carbons (Fsp3) is 1.00. The molecule has 108 valence electrons. The highest BCUT2D eigenvalue weighted by atomic mass is 32.2. The Kier molecular flexibility index (Phi) is 7.14. The van der Waals surface area contributed by atoms with Gasteiger partial charge in [0.05, 0.1) is 5.75 Å². The molecule has 1 unspecified atom stereocenters. The van der Waals surface area contributed by atoms with Gasteiger partial charge in [-0.2, -0.15) is 0 Å². The lowest BCUT2D eigenvalue weighted by Crippen LogP contribution is -2.45. The molecular weight excluding hydrogens is 250 g/mol. The van der Waals surface area contributed by atoms with Crippen LogP contribution in [0.15, 0.2) is 0 Å². The predicted octanol–water partition coefficient (Wildman–Crippen LogP) is 0.390. The molecule has 1 rings (SSSR count). The van der Waals surface area contributed by atoms with E-state index >= 15 is 0 Å². The molecule has 0 aromatic carbocycles. The molecule has 6 heteroatoms. The topological polar surface area (TPSA) is 61.4 Å². The Balaban J connectivity index is 2.23. The maximum atomic E-state index is 11.8. The third-order valence-corrected chi connectivity index (χ3v) is 4.78. The summed E-state index contributed by atoms with van der Waals surface area (Å²) >= 11 is 0. The number of hydrogen-bond donors (Lipinski definition) is 2. The van der Waals surface area contributed by atoms with Gasteiger partial charge in [0.15, 0.2) is 0 Å². The molecule has 5 nitrogen and oxygen atoms in total. The summed E-state index contributed by atoms with van der Waals surface area (Å²) in [5, 5.41) is 3.11. The number of nitrogens with one attached hydrogen (secondary N) is 2. The van der Waals surface area contributed by atoms with Crippen molar-refractivity contribution in [2.75, 3.05) is 39.0 Å². The number of nitrogens with zero attached hydrogens (tertiary/aromatic N) is 1. The van der Waals surface area contributed by atoms with E-state index in [9.17, 15) is 8.42 Å². The van der Waals surface area contributed by atoms with Crippen molar-refractivity contribution < 1.29 is 8.42 Å². The first-order valence-electron chi connectivity index (χ1n) is 6.93. The van der Waals surface area contributed by atoms with Gasteiger partial charge in [0.1, 0.15) is 0 Å². The number of piperidine rings is 1. The zero-order chi connectivity index (χ0) is 13.4. The Morgan fingerprint density at radius 1 is 1.28 bits per heavy atom. The van der Waals surface area contributed by atoms with Crippen molar-refractivity contribution in [3.05, 3.63) is 0 Å².